The van der Waals surface area contributed by atoms with Gasteiger partial charge in [0.05, 0.1) is 29.4 Å². The molecule has 7 heteroatoms. The highest BCUT2D eigenvalue weighted by Gasteiger charge is 2.21. The van der Waals surface area contributed by atoms with Gasteiger partial charge in [0.25, 0.3) is 10.0 Å². The van der Waals surface area contributed by atoms with E-state index >= 15 is 0 Å². The van der Waals surface area contributed by atoms with Crippen LogP contribution >= 0.6 is 0 Å². The lowest BCUT2D eigenvalue weighted by Crippen LogP contribution is -2.07. The minimum absolute atomic E-state index is 0.105. The number of carbonyl (C=O) groups excluding carboxylic acids is 1. The van der Waals surface area contributed by atoms with Crippen molar-refractivity contribution in [3.05, 3.63) is 83.9 Å². The Morgan fingerprint density at radius 2 is 1.69 bits per heavy atom. The summed E-state index contributed by atoms with van der Waals surface area (Å²) in [6.45, 7) is 3.36. The molecule has 6 nitrogen and oxygen atoms in total. The van der Waals surface area contributed by atoms with Gasteiger partial charge < -0.3 is 4.74 Å². The van der Waals surface area contributed by atoms with Crippen molar-refractivity contribution in [3.8, 4) is 17.0 Å². The number of hydrogen-bond donors (Lipinski definition) is 0. The number of rotatable bonds is 5. The van der Waals surface area contributed by atoms with Gasteiger partial charge in [-0.1, -0.05) is 48.0 Å². The van der Waals surface area contributed by atoms with E-state index in [1.807, 2.05) is 37.3 Å². The zero-order valence-electron chi connectivity index (χ0n) is 17.9. The number of aryl methyl sites for hydroxylation is 1. The molecule has 32 heavy (non-hydrogen) atoms. The molecule has 4 rings (SSSR count). The van der Waals surface area contributed by atoms with Gasteiger partial charge in [0.15, 0.2) is 0 Å². The number of aromatic nitrogens is 1. The van der Waals surface area contributed by atoms with E-state index < -0.39 is 10.0 Å². The fourth-order valence-electron chi connectivity index (χ4n) is 3.65. The van der Waals surface area contributed by atoms with Crippen LogP contribution in [0.5, 0.6) is 5.75 Å². The number of fused-ring (bicyclic) bond motifs is 1. The van der Waals surface area contributed by atoms with Crippen molar-refractivity contribution in [1.82, 2.24) is 4.57 Å². The predicted octanol–water partition coefficient (Wildman–Crippen LogP) is 5.09. The van der Waals surface area contributed by atoms with Crippen LogP contribution < -0.4 is 4.74 Å². The highest BCUT2D eigenvalue weighted by molar-refractivity contribution is 7.90. The maximum atomic E-state index is 12.9. The van der Waals surface area contributed by atoms with Gasteiger partial charge in [-0.3, -0.25) is 9.36 Å². The third kappa shape index (κ3) is 3.94. The van der Waals surface area contributed by atoms with Crippen LogP contribution in [0.15, 0.2) is 82.1 Å². The number of carbonyl (C=O) groups is 1. The lowest BCUT2D eigenvalue weighted by molar-refractivity contribution is 0.0943. The van der Waals surface area contributed by atoms with Crippen LogP contribution in [-0.2, 0) is 10.0 Å². The molecule has 162 valence electrons. The second kappa shape index (κ2) is 8.43. The summed E-state index contributed by atoms with van der Waals surface area (Å²) >= 11 is 0. The van der Waals surface area contributed by atoms with Gasteiger partial charge in [-0.05, 0) is 42.8 Å². The highest BCUT2D eigenvalue weighted by atomic mass is 32.2. The highest BCUT2D eigenvalue weighted by Crippen LogP contribution is 2.35. The molecule has 0 bridgehead atoms. The number of methoxy groups -OCH3 is 1. The molecule has 0 spiro atoms. The zero-order chi connectivity index (χ0) is 22.9. The maximum absolute atomic E-state index is 12.9. The van der Waals surface area contributed by atoms with Gasteiger partial charge in [0.2, 0.25) is 5.91 Å². The largest absolute Gasteiger partial charge is 0.497 e. The molecule has 0 N–H and O–H groups in total. The van der Waals surface area contributed by atoms with E-state index in [0.29, 0.717) is 27.9 Å². The average molecular weight is 447 g/mol. The van der Waals surface area contributed by atoms with Gasteiger partial charge in [0, 0.05) is 17.9 Å². The summed E-state index contributed by atoms with van der Waals surface area (Å²) in [6, 6.07) is 21.2. The van der Waals surface area contributed by atoms with Gasteiger partial charge in [-0.15, -0.1) is 0 Å². The molecule has 0 aliphatic heterocycles. The van der Waals surface area contributed by atoms with Crippen LogP contribution in [0.4, 0.5) is 0 Å². The molecule has 1 aromatic heterocycles. The van der Waals surface area contributed by atoms with E-state index in [0.717, 1.165) is 11.1 Å². The number of nitrogens with zero attached hydrogens (tertiary/aromatic N) is 2. The number of benzene rings is 3. The molecular formula is C25H22N2O4S. The Kier molecular flexibility index (Phi) is 5.67. The third-order valence-corrected chi connectivity index (χ3v) is 6.47. The predicted molar refractivity (Wildman–Crippen MR) is 126 cm³/mol. The summed E-state index contributed by atoms with van der Waals surface area (Å²) in [6.07, 6.45) is 1.32. The Hall–Kier alpha value is -3.71. The molecule has 0 saturated heterocycles. The van der Waals surface area contributed by atoms with E-state index in [-0.39, 0.29) is 10.8 Å². The van der Waals surface area contributed by atoms with E-state index in [9.17, 15) is 13.2 Å². The fourth-order valence-corrected chi connectivity index (χ4v) is 4.50. The zero-order valence-corrected chi connectivity index (χ0v) is 18.8. The second-order valence-corrected chi connectivity index (χ2v) is 9.02. The summed E-state index contributed by atoms with van der Waals surface area (Å²) in [5.74, 6) is 0.397. The Balaban J connectivity index is 1.99. The fraction of sp³-hybridized carbons (Fsp3) is 0.120. The SMILES string of the molecule is COc1ccc2c(c1)c(/C=N/S(=O)(=O)c1ccc(C)cc1)c(-c1ccccc1)n2C(C)=O. The Morgan fingerprint density at radius 3 is 2.31 bits per heavy atom. The van der Waals surface area contributed by atoms with Crippen molar-refractivity contribution in [3.63, 3.8) is 0 Å². The van der Waals surface area contributed by atoms with Crippen LogP contribution in [0, 0.1) is 6.92 Å². The molecule has 0 radical (unpaired) electrons. The first-order valence-corrected chi connectivity index (χ1v) is 11.4. The molecule has 0 aliphatic rings. The van der Waals surface area contributed by atoms with Crippen molar-refractivity contribution >= 4 is 33.0 Å². The van der Waals surface area contributed by atoms with Gasteiger partial charge in [-0.25, -0.2) is 0 Å². The first-order chi connectivity index (χ1) is 15.3. The van der Waals surface area contributed by atoms with Crippen molar-refractivity contribution in [2.75, 3.05) is 7.11 Å². The first kappa shape index (κ1) is 21.5. The van der Waals surface area contributed by atoms with Crippen molar-refractivity contribution < 1.29 is 17.9 Å². The smallest absolute Gasteiger partial charge is 0.282 e. The molecule has 0 saturated carbocycles. The van der Waals surface area contributed by atoms with Gasteiger partial charge >= 0.3 is 0 Å². The molecule has 0 atom stereocenters. The van der Waals surface area contributed by atoms with E-state index in [4.69, 9.17) is 4.74 Å². The normalized spacial score (nSPS) is 11.8. The number of hydrogen-bond acceptors (Lipinski definition) is 4. The molecule has 1 heterocycles. The van der Waals surface area contributed by atoms with Crippen LogP contribution in [0.25, 0.3) is 22.2 Å². The molecular weight excluding hydrogens is 424 g/mol. The first-order valence-electron chi connectivity index (χ1n) is 9.97. The molecule has 4 aromatic rings. The standard InChI is InChI=1S/C25H22N2O4S/c1-17-9-12-21(13-10-17)32(29,30)26-16-23-22-15-20(31-3)11-14-24(22)27(18(2)28)25(23)19-7-5-4-6-8-19/h4-16H,1-3H3/b26-16+. The van der Waals surface area contributed by atoms with Gasteiger partial charge in [0.1, 0.15) is 5.75 Å². The molecule has 0 fully saturated rings. The Bertz CT molecular complexity index is 1440. The van der Waals surface area contributed by atoms with Gasteiger partial charge in [-0.2, -0.15) is 12.8 Å². The maximum Gasteiger partial charge on any atom is 0.282 e. The summed E-state index contributed by atoms with van der Waals surface area (Å²) in [7, 11) is -2.37. The van der Waals surface area contributed by atoms with E-state index in [2.05, 4.69) is 4.40 Å². The van der Waals surface area contributed by atoms with Crippen molar-refractivity contribution in [2.24, 2.45) is 4.40 Å². The van der Waals surface area contributed by atoms with Crippen LogP contribution in [-0.4, -0.2) is 32.2 Å². The topological polar surface area (TPSA) is 77.7 Å². The van der Waals surface area contributed by atoms with Crippen LogP contribution in [0.2, 0.25) is 0 Å². The van der Waals surface area contributed by atoms with E-state index in [1.54, 1.807) is 42.0 Å². The average Bonchev–Trinajstić information content (AvgIpc) is 3.12. The minimum Gasteiger partial charge on any atom is -0.497 e. The summed E-state index contributed by atoms with van der Waals surface area (Å²) < 4.78 is 36.6. The lowest BCUT2D eigenvalue weighted by Gasteiger charge is -2.08. The molecule has 0 aliphatic carbocycles. The molecule has 3 aromatic carbocycles. The van der Waals surface area contributed by atoms with Crippen molar-refractivity contribution in [2.45, 2.75) is 18.7 Å². The third-order valence-electron chi connectivity index (χ3n) is 5.22. The monoisotopic (exact) mass is 446 g/mol. The molecule has 0 unspecified atom stereocenters. The number of ether oxygens (including phenoxy) is 1. The summed E-state index contributed by atoms with van der Waals surface area (Å²) in [5.41, 5.74) is 3.47. The lowest BCUT2D eigenvalue weighted by atomic mass is 10.1. The van der Waals surface area contributed by atoms with Crippen LogP contribution in [0.3, 0.4) is 0 Å². The quantitative estimate of drug-likeness (QED) is 0.400. The molecule has 0 amide bonds. The van der Waals surface area contributed by atoms with Crippen LogP contribution in [0.1, 0.15) is 22.8 Å². The summed E-state index contributed by atoms with van der Waals surface area (Å²) in [5, 5.41) is 0.668. The number of sulfonamides is 1. The Morgan fingerprint density at radius 1 is 1.00 bits per heavy atom. The minimum atomic E-state index is -3.93. The Labute approximate surface area is 186 Å². The van der Waals surface area contributed by atoms with E-state index in [1.165, 1.54) is 25.3 Å². The second-order valence-electron chi connectivity index (χ2n) is 7.39. The van der Waals surface area contributed by atoms with Crippen molar-refractivity contribution in [1.29, 1.82) is 0 Å². The summed E-state index contributed by atoms with van der Waals surface area (Å²) in [4.78, 5) is 12.7.